The van der Waals surface area contributed by atoms with Crippen molar-refractivity contribution in [3.63, 3.8) is 0 Å². The van der Waals surface area contributed by atoms with Gasteiger partial charge in [-0.3, -0.25) is 0 Å². The van der Waals surface area contributed by atoms with Crippen LogP contribution in [0.3, 0.4) is 0 Å². The number of methoxy groups -OCH3 is 2. The van der Waals surface area contributed by atoms with Gasteiger partial charge in [0.25, 0.3) is 0 Å². The van der Waals surface area contributed by atoms with Crippen LogP contribution in [-0.4, -0.2) is 44.9 Å². The van der Waals surface area contributed by atoms with Gasteiger partial charge in [0.2, 0.25) is 0 Å². The second-order valence-corrected chi connectivity index (χ2v) is 8.59. The van der Waals surface area contributed by atoms with Crippen molar-refractivity contribution in [1.82, 2.24) is 0 Å². The lowest BCUT2D eigenvalue weighted by Gasteiger charge is -2.44. The average molecular weight is 491 g/mol. The maximum atomic E-state index is 6.49. The third kappa shape index (κ3) is 6.81. The van der Waals surface area contributed by atoms with Crippen LogP contribution in [0.1, 0.15) is 16.7 Å². The van der Waals surface area contributed by atoms with Crippen molar-refractivity contribution >= 4 is 0 Å². The van der Waals surface area contributed by atoms with Crippen molar-refractivity contribution in [2.75, 3.05) is 14.2 Å². The van der Waals surface area contributed by atoms with Crippen molar-refractivity contribution in [2.45, 2.75) is 50.5 Å². The molecule has 0 aromatic heterocycles. The van der Waals surface area contributed by atoms with E-state index < -0.39 is 30.7 Å². The summed E-state index contributed by atoms with van der Waals surface area (Å²) in [5.41, 5.74) is 3.12. The lowest BCUT2D eigenvalue weighted by atomic mass is 9.97. The molecule has 1 fully saturated rings. The van der Waals surface area contributed by atoms with Crippen LogP contribution in [0.25, 0.3) is 0 Å². The fourth-order valence-corrected chi connectivity index (χ4v) is 4.22. The zero-order chi connectivity index (χ0) is 25.2. The van der Waals surface area contributed by atoms with Gasteiger partial charge >= 0.3 is 0 Å². The fraction of sp³-hybridized carbons (Fsp3) is 0.333. The zero-order valence-corrected chi connectivity index (χ0v) is 20.8. The van der Waals surface area contributed by atoms with Gasteiger partial charge in [0.15, 0.2) is 6.29 Å². The lowest BCUT2D eigenvalue weighted by molar-refractivity contribution is -0.309. The van der Waals surface area contributed by atoms with Gasteiger partial charge in [-0.05, 0) is 28.8 Å². The summed E-state index contributed by atoms with van der Waals surface area (Å²) in [6, 6.07) is 27.8. The maximum Gasteiger partial charge on any atom is 0.186 e. The Labute approximate surface area is 213 Å². The van der Waals surface area contributed by atoms with E-state index in [1.165, 1.54) is 0 Å². The Morgan fingerprint density at radius 3 is 1.67 bits per heavy atom. The monoisotopic (exact) mass is 490 g/mol. The fourth-order valence-electron chi connectivity index (χ4n) is 4.22. The molecule has 1 aliphatic heterocycles. The Bertz CT molecular complexity index is 1040. The molecule has 0 amide bonds. The molecule has 5 atom stereocenters. The topological polar surface area (TPSA) is 55.4 Å². The predicted octanol–water partition coefficient (Wildman–Crippen LogP) is 5.31. The Morgan fingerprint density at radius 1 is 0.667 bits per heavy atom. The summed E-state index contributed by atoms with van der Waals surface area (Å²) in [5, 5.41) is 0. The molecule has 4 rings (SSSR count). The van der Waals surface area contributed by atoms with E-state index in [-0.39, 0.29) is 0 Å². The van der Waals surface area contributed by atoms with Crippen molar-refractivity contribution in [1.29, 1.82) is 0 Å². The number of rotatable bonds is 12. The van der Waals surface area contributed by atoms with Gasteiger partial charge in [-0.1, -0.05) is 78.9 Å². The van der Waals surface area contributed by atoms with Crippen LogP contribution in [0, 0.1) is 0 Å². The number of ether oxygens (including phenoxy) is 6. The van der Waals surface area contributed by atoms with Gasteiger partial charge in [0, 0.05) is 7.11 Å². The average Bonchev–Trinajstić information content (AvgIpc) is 2.95. The van der Waals surface area contributed by atoms with E-state index in [1.807, 2.05) is 84.9 Å². The lowest BCUT2D eigenvalue weighted by Crippen LogP contribution is -2.60. The first-order chi connectivity index (χ1) is 17.7. The molecule has 6 nitrogen and oxygen atoms in total. The Kier molecular flexibility index (Phi) is 9.67. The molecular formula is C30H34O6. The van der Waals surface area contributed by atoms with Gasteiger partial charge in [-0.15, -0.1) is 6.58 Å². The molecule has 6 heteroatoms. The summed E-state index contributed by atoms with van der Waals surface area (Å²) < 4.78 is 36.5. The second kappa shape index (κ2) is 13.3. The molecule has 0 saturated carbocycles. The Balaban J connectivity index is 1.56. The number of benzene rings is 3. The Morgan fingerprint density at radius 2 is 1.17 bits per heavy atom. The first-order valence-corrected chi connectivity index (χ1v) is 12.1. The van der Waals surface area contributed by atoms with Crippen LogP contribution in [0.5, 0.6) is 5.75 Å². The van der Waals surface area contributed by atoms with E-state index in [9.17, 15) is 0 Å². The van der Waals surface area contributed by atoms with E-state index in [2.05, 4.69) is 6.58 Å². The zero-order valence-electron chi connectivity index (χ0n) is 20.8. The smallest absolute Gasteiger partial charge is 0.186 e. The van der Waals surface area contributed by atoms with Gasteiger partial charge in [-0.2, -0.15) is 0 Å². The largest absolute Gasteiger partial charge is 0.497 e. The van der Waals surface area contributed by atoms with Gasteiger partial charge < -0.3 is 28.4 Å². The number of hydrogen-bond acceptors (Lipinski definition) is 6. The molecule has 3 aromatic rings. The summed E-state index contributed by atoms with van der Waals surface area (Å²) in [7, 11) is 3.25. The van der Waals surface area contributed by atoms with Crippen molar-refractivity contribution < 1.29 is 28.4 Å². The highest BCUT2D eigenvalue weighted by molar-refractivity contribution is 5.26. The van der Waals surface area contributed by atoms with Crippen LogP contribution >= 0.6 is 0 Å². The van der Waals surface area contributed by atoms with Crippen LogP contribution in [0.15, 0.2) is 97.6 Å². The molecule has 1 aliphatic rings. The van der Waals surface area contributed by atoms with E-state index >= 15 is 0 Å². The molecule has 1 heterocycles. The molecule has 0 radical (unpaired) electrons. The van der Waals surface area contributed by atoms with Crippen molar-refractivity contribution in [3.8, 4) is 5.75 Å². The molecule has 0 bridgehead atoms. The third-order valence-corrected chi connectivity index (χ3v) is 6.17. The van der Waals surface area contributed by atoms with Crippen molar-refractivity contribution in [3.05, 3.63) is 114 Å². The minimum Gasteiger partial charge on any atom is -0.497 e. The van der Waals surface area contributed by atoms with Gasteiger partial charge in [0.1, 0.15) is 30.2 Å². The third-order valence-electron chi connectivity index (χ3n) is 6.17. The highest BCUT2D eigenvalue weighted by atomic mass is 16.7. The second-order valence-electron chi connectivity index (χ2n) is 8.59. The molecule has 0 N–H and O–H groups in total. The van der Waals surface area contributed by atoms with E-state index in [0.717, 1.165) is 22.4 Å². The van der Waals surface area contributed by atoms with Gasteiger partial charge in [0.05, 0.1) is 26.9 Å². The van der Waals surface area contributed by atoms with Crippen molar-refractivity contribution in [2.24, 2.45) is 0 Å². The van der Waals surface area contributed by atoms with Crippen LogP contribution in [0.2, 0.25) is 0 Å². The van der Waals surface area contributed by atoms with Gasteiger partial charge in [-0.25, -0.2) is 0 Å². The molecular weight excluding hydrogens is 456 g/mol. The first-order valence-electron chi connectivity index (χ1n) is 12.1. The highest BCUT2D eigenvalue weighted by Crippen LogP contribution is 2.31. The summed E-state index contributed by atoms with van der Waals surface area (Å²) in [5.74, 6) is 0.793. The van der Waals surface area contributed by atoms with Crippen LogP contribution < -0.4 is 4.74 Å². The van der Waals surface area contributed by atoms with E-state index in [1.54, 1.807) is 20.3 Å². The predicted molar refractivity (Wildman–Crippen MR) is 137 cm³/mol. The maximum absolute atomic E-state index is 6.49. The summed E-state index contributed by atoms with van der Waals surface area (Å²) in [4.78, 5) is 0. The van der Waals surface area contributed by atoms with E-state index in [0.29, 0.717) is 19.8 Å². The standard InChI is InChI=1S/C30H34O6/c1-4-26-27(33-19-22-11-7-5-8-12-22)28(34-20-23-13-9-6-10-14-23)29(30(32-3)36-26)35-21-24-15-17-25(31-2)18-16-24/h4-18,26-30H,1,19-21H2,2-3H3/t26-,27-,28+,29-,30?/m1/s1. The summed E-state index contributed by atoms with van der Waals surface area (Å²) in [6.45, 7) is 5.14. The van der Waals surface area contributed by atoms with Crippen LogP contribution in [-0.2, 0) is 43.5 Å². The highest BCUT2D eigenvalue weighted by Gasteiger charge is 2.47. The SMILES string of the molecule is C=C[C@H]1OC(OC)[C@H](OCc2ccc(OC)cc2)[C@@H](OCc2ccccc2)[C@@H]1OCc1ccccc1. The first kappa shape index (κ1) is 26.1. The molecule has 36 heavy (non-hydrogen) atoms. The molecule has 190 valence electrons. The minimum atomic E-state index is -0.649. The summed E-state index contributed by atoms with van der Waals surface area (Å²) >= 11 is 0. The van der Waals surface area contributed by atoms with Crippen LogP contribution in [0.4, 0.5) is 0 Å². The minimum absolute atomic E-state index is 0.354. The van der Waals surface area contributed by atoms with E-state index in [4.69, 9.17) is 28.4 Å². The molecule has 1 unspecified atom stereocenters. The molecule has 0 spiro atoms. The molecule has 3 aromatic carbocycles. The molecule has 0 aliphatic carbocycles. The quantitative estimate of drug-likeness (QED) is 0.321. The Hall–Kier alpha value is -3.00. The molecule has 1 saturated heterocycles. The summed E-state index contributed by atoms with van der Waals surface area (Å²) in [6.07, 6.45) is -0.783. The normalized spacial score (nSPS) is 23.8. The number of hydrogen-bond donors (Lipinski definition) is 0.